The fourth-order valence-corrected chi connectivity index (χ4v) is 2.13. The minimum atomic E-state index is -4.52. The summed E-state index contributed by atoms with van der Waals surface area (Å²) in [6.45, 7) is 0.875. The molecule has 0 bridgehead atoms. The Labute approximate surface area is 148 Å². The topological polar surface area (TPSA) is 67.4 Å². The summed E-state index contributed by atoms with van der Waals surface area (Å²) in [6, 6.07) is 12.2. The molecule has 0 saturated carbocycles. The average Bonchev–Trinajstić information content (AvgIpc) is 2.60. The third kappa shape index (κ3) is 5.51. The van der Waals surface area contributed by atoms with Crippen molar-refractivity contribution in [1.29, 1.82) is 0 Å². The van der Waals surface area contributed by atoms with E-state index in [1.54, 1.807) is 35.6 Å². The van der Waals surface area contributed by atoms with E-state index < -0.39 is 24.5 Å². The maximum atomic E-state index is 12.3. The van der Waals surface area contributed by atoms with Gasteiger partial charge in [0.05, 0.1) is 17.9 Å². The molecule has 8 heteroatoms. The molecule has 0 aromatic heterocycles. The fourth-order valence-electron chi connectivity index (χ4n) is 2.13. The zero-order chi connectivity index (χ0) is 19.2. The molecular formula is C18H17F3N2O3. The SMILES string of the molecule is CCOc1ccc(C(=O)Nc2ccccc2C(=O)NCC(F)(F)F)cc1. The van der Waals surface area contributed by atoms with Crippen LogP contribution in [0.4, 0.5) is 18.9 Å². The largest absolute Gasteiger partial charge is 0.494 e. The molecule has 2 rings (SSSR count). The zero-order valence-electron chi connectivity index (χ0n) is 13.9. The predicted molar refractivity (Wildman–Crippen MR) is 90.4 cm³/mol. The molecule has 2 aromatic carbocycles. The molecule has 2 amide bonds. The van der Waals surface area contributed by atoms with Gasteiger partial charge in [-0.1, -0.05) is 12.1 Å². The lowest BCUT2D eigenvalue weighted by Gasteiger charge is -2.13. The van der Waals surface area contributed by atoms with Gasteiger partial charge in [0.2, 0.25) is 0 Å². The van der Waals surface area contributed by atoms with Gasteiger partial charge in [0.25, 0.3) is 11.8 Å². The maximum absolute atomic E-state index is 12.3. The van der Waals surface area contributed by atoms with E-state index >= 15 is 0 Å². The second-order valence-electron chi connectivity index (χ2n) is 5.25. The summed E-state index contributed by atoms with van der Waals surface area (Å²) < 4.78 is 42.1. The summed E-state index contributed by atoms with van der Waals surface area (Å²) in [5.74, 6) is -0.815. The summed E-state index contributed by atoms with van der Waals surface area (Å²) in [4.78, 5) is 24.3. The van der Waals surface area contributed by atoms with Crippen LogP contribution in [0.25, 0.3) is 0 Å². The number of amides is 2. The Morgan fingerprint density at radius 1 is 1.00 bits per heavy atom. The lowest BCUT2D eigenvalue weighted by molar-refractivity contribution is -0.123. The molecule has 0 aliphatic rings. The highest BCUT2D eigenvalue weighted by molar-refractivity contribution is 6.09. The molecule has 0 saturated heterocycles. The molecule has 2 aromatic rings. The van der Waals surface area contributed by atoms with E-state index in [1.807, 2.05) is 6.92 Å². The van der Waals surface area contributed by atoms with Crippen molar-refractivity contribution in [2.75, 3.05) is 18.5 Å². The monoisotopic (exact) mass is 366 g/mol. The lowest BCUT2D eigenvalue weighted by Crippen LogP contribution is -2.34. The second-order valence-corrected chi connectivity index (χ2v) is 5.25. The Morgan fingerprint density at radius 2 is 1.65 bits per heavy atom. The van der Waals surface area contributed by atoms with E-state index in [0.29, 0.717) is 17.9 Å². The Morgan fingerprint density at radius 3 is 2.27 bits per heavy atom. The number of carbonyl (C=O) groups is 2. The van der Waals surface area contributed by atoms with Gasteiger partial charge in [0, 0.05) is 5.56 Å². The van der Waals surface area contributed by atoms with Crippen molar-refractivity contribution in [2.24, 2.45) is 0 Å². The van der Waals surface area contributed by atoms with Crippen molar-refractivity contribution in [3.8, 4) is 5.75 Å². The first-order chi connectivity index (χ1) is 12.3. The number of ether oxygens (including phenoxy) is 1. The first-order valence-electron chi connectivity index (χ1n) is 7.78. The first kappa shape index (κ1) is 19.3. The summed E-state index contributed by atoms with van der Waals surface area (Å²) in [5.41, 5.74) is 0.376. The Hall–Kier alpha value is -3.03. The van der Waals surface area contributed by atoms with E-state index in [2.05, 4.69) is 5.32 Å². The minimum absolute atomic E-state index is 0.0592. The standard InChI is InChI=1S/C18H17F3N2O3/c1-2-26-13-9-7-12(8-10-13)16(24)23-15-6-4-3-5-14(15)17(25)22-11-18(19,20)21/h3-10H,2,11H2,1H3,(H,22,25)(H,23,24). The number of carbonyl (C=O) groups excluding carboxylic acids is 2. The van der Waals surface area contributed by atoms with E-state index in [-0.39, 0.29) is 11.3 Å². The molecule has 0 fully saturated rings. The number of anilines is 1. The molecule has 0 atom stereocenters. The van der Waals surface area contributed by atoms with Gasteiger partial charge in [-0.25, -0.2) is 0 Å². The number of rotatable bonds is 6. The number of para-hydroxylation sites is 1. The Kier molecular flexibility index (Phi) is 6.21. The molecule has 138 valence electrons. The van der Waals surface area contributed by atoms with E-state index in [0.717, 1.165) is 0 Å². The summed E-state index contributed by atoms with van der Waals surface area (Å²) in [6.07, 6.45) is -4.52. The van der Waals surface area contributed by atoms with Crippen LogP contribution in [-0.2, 0) is 0 Å². The minimum Gasteiger partial charge on any atom is -0.494 e. The van der Waals surface area contributed by atoms with Crippen LogP contribution < -0.4 is 15.4 Å². The van der Waals surface area contributed by atoms with E-state index in [1.165, 1.54) is 18.2 Å². The molecule has 0 unspecified atom stereocenters. The summed E-state index contributed by atoms with van der Waals surface area (Å²) in [7, 11) is 0. The van der Waals surface area contributed by atoms with Gasteiger partial charge in [0.15, 0.2) is 0 Å². The molecule has 0 aliphatic carbocycles. The number of hydrogen-bond acceptors (Lipinski definition) is 3. The van der Waals surface area contributed by atoms with Crippen LogP contribution in [0.2, 0.25) is 0 Å². The van der Waals surface area contributed by atoms with Crippen molar-refractivity contribution in [2.45, 2.75) is 13.1 Å². The van der Waals surface area contributed by atoms with Gasteiger partial charge in [-0.2, -0.15) is 13.2 Å². The Balaban J connectivity index is 2.11. The quantitative estimate of drug-likeness (QED) is 0.820. The van der Waals surface area contributed by atoms with Crippen LogP contribution in [0.15, 0.2) is 48.5 Å². The van der Waals surface area contributed by atoms with E-state index in [9.17, 15) is 22.8 Å². The molecular weight excluding hydrogens is 349 g/mol. The van der Waals surface area contributed by atoms with E-state index in [4.69, 9.17) is 4.74 Å². The fraction of sp³-hybridized carbons (Fsp3) is 0.222. The predicted octanol–water partition coefficient (Wildman–Crippen LogP) is 3.63. The molecule has 0 aliphatic heterocycles. The summed E-state index contributed by atoms with van der Waals surface area (Å²) in [5, 5.41) is 4.32. The average molecular weight is 366 g/mol. The van der Waals surface area contributed by atoms with Gasteiger partial charge in [-0.05, 0) is 43.3 Å². The molecule has 0 radical (unpaired) electrons. The van der Waals surface area contributed by atoms with Crippen molar-refractivity contribution in [1.82, 2.24) is 5.32 Å². The van der Waals surface area contributed by atoms with Gasteiger partial charge >= 0.3 is 6.18 Å². The molecule has 0 heterocycles. The highest BCUT2D eigenvalue weighted by Crippen LogP contribution is 2.19. The van der Waals surface area contributed by atoms with Gasteiger partial charge in [-0.15, -0.1) is 0 Å². The highest BCUT2D eigenvalue weighted by atomic mass is 19.4. The van der Waals surface area contributed by atoms with Crippen LogP contribution in [0, 0.1) is 0 Å². The highest BCUT2D eigenvalue weighted by Gasteiger charge is 2.28. The number of hydrogen-bond donors (Lipinski definition) is 2. The van der Waals surface area contributed by atoms with Crippen LogP contribution in [0.1, 0.15) is 27.6 Å². The lowest BCUT2D eigenvalue weighted by atomic mass is 10.1. The Bertz CT molecular complexity index is 774. The molecule has 26 heavy (non-hydrogen) atoms. The third-order valence-electron chi connectivity index (χ3n) is 3.30. The first-order valence-corrected chi connectivity index (χ1v) is 7.78. The number of nitrogens with one attached hydrogen (secondary N) is 2. The maximum Gasteiger partial charge on any atom is 0.405 e. The van der Waals surface area contributed by atoms with Crippen molar-refractivity contribution >= 4 is 17.5 Å². The smallest absolute Gasteiger partial charge is 0.405 e. The number of alkyl halides is 3. The van der Waals surface area contributed by atoms with Crippen LogP contribution >= 0.6 is 0 Å². The van der Waals surface area contributed by atoms with Gasteiger partial charge in [0.1, 0.15) is 12.3 Å². The zero-order valence-corrected chi connectivity index (χ0v) is 13.9. The molecule has 2 N–H and O–H groups in total. The van der Waals surface area contributed by atoms with Gasteiger partial charge < -0.3 is 15.4 Å². The van der Waals surface area contributed by atoms with Crippen molar-refractivity contribution in [3.05, 3.63) is 59.7 Å². The van der Waals surface area contributed by atoms with Crippen LogP contribution in [0.5, 0.6) is 5.75 Å². The van der Waals surface area contributed by atoms with Crippen molar-refractivity contribution < 1.29 is 27.5 Å². The second kappa shape index (κ2) is 8.37. The molecule has 5 nitrogen and oxygen atoms in total. The number of halogens is 3. The molecule has 0 spiro atoms. The van der Waals surface area contributed by atoms with Crippen LogP contribution in [0.3, 0.4) is 0 Å². The van der Waals surface area contributed by atoms with Gasteiger partial charge in [-0.3, -0.25) is 9.59 Å². The van der Waals surface area contributed by atoms with Crippen molar-refractivity contribution in [3.63, 3.8) is 0 Å². The third-order valence-corrected chi connectivity index (χ3v) is 3.30. The number of benzene rings is 2. The summed E-state index contributed by atoms with van der Waals surface area (Å²) >= 11 is 0. The normalized spacial score (nSPS) is 10.9. The van der Waals surface area contributed by atoms with Crippen LogP contribution in [-0.4, -0.2) is 31.1 Å².